The van der Waals surface area contributed by atoms with Crippen molar-refractivity contribution in [1.82, 2.24) is 0 Å². The van der Waals surface area contributed by atoms with Crippen LogP contribution in [-0.2, 0) is 6.18 Å². The van der Waals surface area contributed by atoms with Crippen molar-refractivity contribution in [2.75, 3.05) is 0 Å². The summed E-state index contributed by atoms with van der Waals surface area (Å²) in [7, 11) is 0. The second-order valence-electron chi connectivity index (χ2n) is 3.78. The lowest BCUT2D eigenvalue weighted by Crippen LogP contribution is -2.07. The summed E-state index contributed by atoms with van der Waals surface area (Å²) >= 11 is 1.12. The Morgan fingerprint density at radius 3 is 2.33 bits per heavy atom. The van der Waals surface area contributed by atoms with Gasteiger partial charge in [0, 0.05) is 9.79 Å². The molecule has 0 heterocycles. The van der Waals surface area contributed by atoms with Crippen molar-refractivity contribution >= 4 is 11.8 Å². The number of aryl methyl sites for hydroxylation is 1. The van der Waals surface area contributed by atoms with Gasteiger partial charge in [-0.15, -0.1) is 0 Å². The largest absolute Gasteiger partial charge is 0.418 e. The summed E-state index contributed by atoms with van der Waals surface area (Å²) in [4.78, 5) is 1.00. The lowest BCUT2D eigenvalue weighted by Gasteiger charge is -2.14. The molecule has 0 amide bonds. The van der Waals surface area contributed by atoms with Crippen LogP contribution in [0, 0.1) is 13.0 Å². The quantitative estimate of drug-likeness (QED) is 0.740. The minimum atomic E-state index is -4.37. The highest BCUT2D eigenvalue weighted by atomic mass is 32.2. The van der Waals surface area contributed by atoms with E-state index in [4.69, 9.17) is 0 Å². The molecule has 93 valence electrons. The molecular formula is C14H10F3S. The molecule has 1 radical (unpaired) electrons. The summed E-state index contributed by atoms with van der Waals surface area (Å²) < 4.78 is 38.7. The molecule has 2 rings (SSSR count). The van der Waals surface area contributed by atoms with E-state index in [0.29, 0.717) is 5.56 Å². The Morgan fingerprint density at radius 2 is 1.72 bits per heavy atom. The number of hydrogen-bond acceptors (Lipinski definition) is 1. The van der Waals surface area contributed by atoms with Crippen LogP contribution >= 0.6 is 11.8 Å². The first-order valence-electron chi connectivity index (χ1n) is 5.30. The third kappa shape index (κ3) is 2.88. The molecule has 0 aliphatic heterocycles. The maximum Gasteiger partial charge on any atom is 0.418 e. The SMILES string of the molecule is Cc1cc[c]c(C(F)(F)F)c1Sc1ccccc1. The average Bonchev–Trinajstić information content (AvgIpc) is 2.32. The summed E-state index contributed by atoms with van der Waals surface area (Å²) in [6.45, 7) is 1.67. The number of benzene rings is 2. The molecule has 0 unspecified atom stereocenters. The van der Waals surface area contributed by atoms with Crippen molar-refractivity contribution < 1.29 is 13.2 Å². The van der Waals surface area contributed by atoms with E-state index in [1.54, 1.807) is 37.3 Å². The number of alkyl halides is 3. The predicted molar refractivity (Wildman–Crippen MR) is 65.6 cm³/mol. The van der Waals surface area contributed by atoms with Crippen LogP contribution < -0.4 is 0 Å². The first-order valence-corrected chi connectivity index (χ1v) is 6.11. The highest BCUT2D eigenvalue weighted by Gasteiger charge is 2.34. The molecule has 2 aromatic rings. The Labute approximate surface area is 108 Å². The van der Waals surface area contributed by atoms with Gasteiger partial charge in [0.05, 0.1) is 5.56 Å². The first kappa shape index (κ1) is 13.0. The van der Waals surface area contributed by atoms with Crippen LogP contribution in [0.3, 0.4) is 0 Å². The molecule has 0 aliphatic carbocycles. The van der Waals surface area contributed by atoms with Gasteiger partial charge in [0.25, 0.3) is 0 Å². The van der Waals surface area contributed by atoms with Gasteiger partial charge in [0.15, 0.2) is 0 Å². The van der Waals surface area contributed by atoms with E-state index in [0.717, 1.165) is 16.7 Å². The minimum absolute atomic E-state index is 0.219. The molecule has 18 heavy (non-hydrogen) atoms. The molecule has 4 heteroatoms. The molecule has 0 atom stereocenters. The molecule has 0 saturated carbocycles. The second-order valence-corrected chi connectivity index (χ2v) is 4.86. The third-order valence-corrected chi connectivity index (χ3v) is 3.63. The third-order valence-electron chi connectivity index (χ3n) is 2.39. The molecule has 0 bridgehead atoms. The van der Waals surface area contributed by atoms with Crippen LogP contribution in [0.15, 0.2) is 52.3 Å². The highest BCUT2D eigenvalue weighted by molar-refractivity contribution is 7.99. The lowest BCUT2D eigenvalue weighted by atomic mass is 10.1. The van der Waals surface area contributed by atoms with E-state index in [2.05, 4.69) is 6.07 Å². The van der Waals surface area contributed by atoms with Crippen LogP contribution in [0.2, 0.25) is 0 Å². The summed E-state index contributed by atoms with van der Waals surface area (Å²) in [6.07, 6.45) is -4.37. The Balaban J connectivity index is 2.44. The van der Waals surface area contributed by atoms with Gasteiger partial charge >= 0.3 is 6.18 Å². The standard InChI is InChI=1S/C14H10F3S/c1-10-6-5-9-12(14(15,16)17)13(10)18-11-7-3-2-4-8-11/h2-8H,1H3. The van der Waals surface area contributed by atoms with Crippen molar-refractivity contribution in [2.24, 2.45) is 0 Å². The Morgan fingerprint density at radius 1 is 1.06 bits per heavy atom. The first-order chi connectivity index (χ1) is 8.48. The van der Waals surface area contributed by atoms with E-state index in [1.807, 2.05) is 6.07 Å². The Bertz CT molecular complexity index is 532. The second kappa shape index (κ2) is 5.06. The average molecular weight is 267 g/mol. The van der Waals surface area contributed by atoms with Crippen LogP contribution in [0.25, 0.3) is 0 Å². The Hall–Kier alpha value is -1.42. The van der Waals surface area contributed by atoms with Gasteiger partial charge < -0.3 is 0 Å². The van der Waals surface area contributed by atoms with Gasteiger partial charge in [0.2, 0.25) is 0 Å². The maximum absolute atomic E-state index is 12.9. The van der Waals surface area contributed by atoms with E-state index < -0.39 is 11.7 Å². The van der Waals surface area contributed by atoms with Crippen molar-refractivity contribution in [1.29, 1.82) is 0 Å². The van der Waals surface area contributed by atoms with Gasteiger partial charge in [-0.05, 0) is 30.7 Å². The molecule has 0 saturated heterocycles. The summed E-state index contributed by atoms with van der Waals surface area (Å²) in [5, 5.41) is 0. The zero-order chi connectivity index (χ0) is 13.2. The summed E-state index contributed by atoms with van der Waals surface area (Å²) in [5.41, 5.74) is -0.0914. The van der Waals surface area contributed by atoms with Gasteiger partial charge in [-0.3, -0.25) is 0 Å². The molecule has 0 spiro atoms. The van der Waals surface area contributed by atoms with Crippen LogP contribution in [0.1, 0.15) is 11.1 Å². The molecule has 0 aliphatic rings. The van der Waals surface area contributed by atoms with Gasteiger partial charge in [-0.25, -0.2) is 0 Å². The number of halogens is 3. The molecule has 0 N–H and O–H groups in total. The topological polar surface area (TPSA) is 0 Å². The summed E-state index contributed by atoms with van der Waals surface area (Å²) in [5.74, 6) is 0. The number of hydrogen-bond donors (Lipinski definition) is 0. The zero-order valence-electron chi connectivity index (χ0n) is 9.58. The molecule has 2 aromatic carbocycles. The van der Waals surface area contributed by atoms with E-state index in [-0.39, 0.29) is 4.90 Å². The molecule has 0 fully saturated rings. The van der Waals surface area contributed by atoms with Crippen LogP contribution in [-0.4, -0.2) is 0 Å². The lowest BCUT2D eigenvalue weighted by molar-refractivity contribution is -0.140. The van der Waals surface area contributed by atoms with Crippen molar-refractivity contribution in [3.05, 3.63) is 59.7 Å². The van der Waals surface area contributed by atoms with Crippen LogP contribution in [0.5, 0.6) is 0 Å². The molecule has 0 aromatic heterocycles. The van der Waals surface area contributed by atoms with Gasteiger partial charge in [-0.1, -0.05) is 42.1 Å². The van der Waals surface area contributed by atoms with E-state index >= 15 is 0 Å². The normalized spacial score (nSPS) is 11.6. The smallest absolute Gasteiger partial charge is 0.166 e. The van der Waals surface area contributed by atoms with Gasteiger partial charge in [0.1, 0.15) is 0 Å². The van der Waals surface area contributed by atoms with Gasteiger partial charge in [-0.2, -0.15) is 13.2 Å². The highest BCUT2D eigenvalue weighted by Crippen LogP contribution is 2.40. The minimum Gasteiger partial charge on any atom is -0.166 e. The maximum atomic E-state index is 12.9. The van der Waals surface area contributed by atoms with Crippen LogP contribution in [0.4, 0.5) is 13.2 Å². The molecule has 0 nitrogen and oxygen atoms in total. The fourth-order valence-electron chi connectivity index (χ4n) is 1.54. The van der Waals surface area contributed by atoms with E-state index in [1.165, 1.54) is 6.07 Å². The fraction of sp³-hybridized carbons (Fsp3) is 0.143. The van der Waals surface area contributed by atoms with Crippen molar-refractivity contribution in [2.45, 2.75) is 22.9 Å². The predicted octanol–water partition coefficient (Wildman–Crippen LogP) is 4.97. The van der Waals surface area contributed by atoms with Crippen molar-refractivity contribution in [3.63, 3.8) is 0 Å². The number of rotatable bonds is 2. The fourth-order valence-corrected chi connectivity index (χ4v) is 2.57. The monoisotopic (exact) mass is 267 g/mol. The van der Waals surface area contributed by atoms with E-state index in [9.17, 15) is 13.2 Å². The zero-order valence-corrected chi connectivity index (χ0v) is 10.4. The summed E-state index contributed by atoms with van der Waals surface area (Å²) in [6, 6.07) is 14.3. The van der Waals surface area contributed by atoms with Crippen molar-refractivity contribution in [3.8, 4) is 0 Å². The molecular weight excluding hydrogens is 257 g/mol. The Kier molecular flexibility index (Phi) is 3.66.